The molecule has 3 rings (SSSR count). The van der Waals surface area contributed by atoms with Crippen molar-refractivity contribution in [2.75, 3.05) is 6.54 Å². The smallest absolute Gasteiger partial charge is 0.272 e. The quantitative estimate of drug-likeness (QED) is 0.857. The highest BCUT2D eigenvalue weighted by molar-refractivity contribution is 5.92. The number of H-pyrrole nitrogens is 1. The van der Waals surface area contributed by atoms with E-state index in [1.54, 1.807) is 18.2 Å². The van der Waals surface area contributed by atoms with Crippen molar-refractivity contribution < 1.29 is 18.4 Å². The number of nitrogens with zero attached hydrogens (tertiary/aromatic N) is 2. The van der Waals surface area contributed by atoms with Crippen molar-refractivity contribution in [3.05, 3.63) is 53.4 Å². The number of carbonyl (C=O) groups excluding carboxylic acids is 2. The van der Waals surface area contributed by atoms with Gasteiger partial charge in [-0.15, -0.1) is 5.10 Å². The third-order valence-corrected chi connectivity index (χ3v) is 4.85. The van der Waals surface area contributed by atoms with E-state index < -0.39 is 11.9 Å². The number of aromatic amines is 1. The largest absolute Gasteiger partial charge is 0.333 e. The summed E-state index contributed by atoms with van der Waals surface area (Å²) in [6.07, 6.45) is 3.53. The van der Waals surface area contributed by atoms with E-state index >= 15 is 0 Å². The van der Waals surface area contributed by atoms with Gasteiger partial charge in [0.25, 0.3) is 5.91 Å². The molecule has 0 spiro atoms. The molecule has 1 aliphatic rings. The van der Waals surface area contributed by atoms with E-state index in [0.717, 1.165) is 25.3 Å². The normalized spacial score (nSPS) is 15.2. The Balaban J connectivity index is 1.71. The van der Waals surface area contributed by atoms with E-state index in [1.807, 2.05) is 0 Å². The molecule has 1 aliphatic carbocycles. The van der Waals surface area contributed by atoms with Crippen LogP contribution in [0.15, 0.2) is 30.3 Å². The van der Waals surface area contributed by atoms with Crippen molar-refractivity contribution in [1.29, 1.82) is 0 Å². The molecule has 1 aromatic heterocycles. The third kappa shape index (κ3) is 4.53. The topological polar surface area (TPSA) is 66.1 Å². The van der Waals surface area contributed by atoms with Crippen molar-refractivity contribution in [2.45, 2.75) is 38.6 Å². The van der Waals surface area contributed by atoms with Crippen molar-refractivity contribution >= 4 is 11.7 Å². The van der Waals surface area contributed by atoms with E-state index in [1.165, 1.54) is 11.0 Å². The first-order valence-corrected chi connectivity index (χ1v) is 8.78. The van der Waals surface area contributed by atoms with Crippen LogP contribution in [0.25, 0.3) is 0 Å². The zero-order chi connectivity index (χ0) is 18.5. The van der Waals surface area contributed by atoms with Gasteiger partial charge in [0.1, 0.15) is 17.3 Å². The van der Waals surface area contributed by atoms with Crippen LogP contribution < -0.4 is 0 Å². The summed E-state index contributed by atoms with van der Waals surface area (Å²) >= 11 is 0. The van der Waals surface area contributed by atoms with Crippen LogP contribution >= 0.6 is 0 Å². The fraction of sp³-hybridized carbons (Fsp3) is 0.421. The molecular formula is C19H21F2N3O2. The van der Waals surface area contributed by atoms with Gasteiger partial charge < -0.3 is 4.90 Å². The monoisotopic (exact) mass is 361 g/mol. The van der Waals surface area contributed by atoms with Crippen LogP contribution in [0.5, 0.6) is 0 Å². The minimum absolute atomic E-state index is 0.0395. The third-order valence-electron chi connectivity index (χ3n) is 4.85. The second-order valence-electron chi connectivity index (χ2n) is 6.69. The maximum absolute atomic E-state index is 14.0. The molecular weight excluding hydrogens is 340 g/mol. The fourth-order valence-electron chi connectivity index (χ4n) is 3.29. The molecule has 7 heteroatoms. The molecule has 0 bridgehead atoms. The highest BCUT2D eigenvalue weighted by Crippen LogP contribution is 2.25. The zero-order valence-corrected chi connectivity index (χ0v) is 14.4. The number of hydrogen-bond acceptors (Lipinski definition) is 3. The number of rotatable bonds is 6. The number of nitrogens with one attached hydrogen (secondary N) is 1. The Hall–Kier alpha value is -2.57. The van der Waals surface area contributed by atoms with Crippen molar-refractivity contribution in [2.24, 2.45) is 5.92 Å². The van der Waals surface area contributed by atoms with Crippen LogP contribution in [0.4, 0.5) is 8.78 Å². The first-order valence-electron chi connectivity index (χ1n) is 8.78. The number of benzene rings is 1. The number of hydrogen-bond donors (Lipinski definition) is 1. The van der Waals surface area contributed by atoms with Crippen LogP contribution in [0, 0.1) is 17.7 Å². The van der Waals surface area contributed by atoms with Crippen LogP contribution in [0.3, 0.4) is 0 Å². The Bertz CT molecular complexity index is 781. The SMILES string of the molecule is O=C1CCC(CCN(Cc2ccccc2F)C(=O)c2cc(F)n[nH]2)CC1. The fourth-order valence-corrected chi connectivity index (χ4v) is 3.29. The summed E-state index contributed by atoms with van der Waals surface area (Å²) in [5.74, 6) is -0.915. The predicted molar refractivity (Wildman–Crippen MR) is 91.3 cm³/mol. The number of aromatic nitrogens is 2. The number of carbonyl (C=O) groups is 2. The van der Waals surface area contributed by atoms with Gasteiger partial charge in [0.2, 0.25) is 5.95 Å². The molecule has 1 amide bonds. The lowest BCUT2D eigenvalue weighted by Gasteiger charge is -2.27. The van der Waals surface area contributed by atoms with Crippen LogP contribution in [-0.2, 0) is 11.3 Å². The molecule has 138 valence electrons. The van der Waals surface area contributed by atoms with Crippen molar-refractivity contribution in [3.63, 3.8) is 0 Å². The first-order chi connectivity index (χ1) is 12.5. The van der Waals surface area contributed by atoms with E-state index in [-0.39, 0.29) is 23.8 Å². The predicted octanol–water partition coefficient (Wildman–Crippen LogP) is 3.48. The molecule has 26 heavy (non-hydrogen) atoms. The minimum Gasteiger partial charge on any atom is -0.333 e. The van der Waals surface area contributed by atoms with Gasteiger partial charge >= 0.3 is 0 Å². The second-order valence-corrected chi connectivity index (χ2v) is 6.69. The van der Waals surface area contributed by atoms with Crippen LogP contribution in [0.2, 0.25) is 0 Å². The summed E-state index contributed by atoms with van der Waals surface area (Å²) in [5.41, 5.74) is 0.442. The van der Waals surface area contributed by atoms with Gasteiger partial charge in [0, 0.05) is 37.6 Å². The molecule has 5 nitrogen and oxygen atoms in total. The lowest BCUT2D eigenvalue weighted by Crippen LogP contribution is -2.33. The second kappa shape index (κ2) is 8.21. The van der Waals surface area contributed by atoms with Crippen LogP contribution in [0.1, 0.15) is 48.2 Å². The van der Waals surface area contributed by atoms with E-state index in [4.69, 9.17) is 0 Å². The van der Waals surface area contributed by atoms with E-state index in [9.17, 15) is 18.4 Å². The molecule has 1 saturated carbocycles. The molecule has 0 saturated heterocycles. The Kier molecular flexibility index (Phi) is 5.75. The summed E-state index contributed by atoms with van der Waals surface area (Å²) in [6, 6.07) is 7.32. The maximum Gasteiger partial charge on any atom is 0.272 e. The molecule has 1 heterocycles. The Labute approximate surface area is 150 Å². The van der Waals surface area contributed by atoms with E-state index in [0.29, 0.717) is 30.9 Å². The zero-order valence-electron chi connectivity index (χ0n) is 14.4. The molecule has 0 aliphatic heterocycles. The van der Waals surface area contributed by atoms with Gasteiger partial charge in [0.05, 0.1) is 0 Å². The highest BCUT2D eigenvalue weighted by Gasteiger charge is 2.23. The number of ketones is 1. The molecule has 1 aromatic carbocycles. The number of halogens is 2. The highest BCUT2D eigenvalue weighted by atomic mass is 19.1. The molecule has 2 aromatic rings. The van der Waals surface area contributed by atoms with Gasteiger partial charge in [0.15, 0.2) is 0 Å². The molecule has 0 unspecified atom stereocenters. The summed E-state index contributed by atoms with van der Waals surface area (Å²) in [7, 11) is 0. The maximum atomic E-state index is 14.0. The van der Waals surface area contributed by atoms with Gasteiger partial charge in [-0.1, -0.05) is 18.2 Å². The van der Waals surface area contributed by atoms with Crippen molar-refractivity contribution in [3.8, 4) is 0 Å². The summed E-state index contributed by atoms with van der Waals surface area (Å²) in [6.45, 7) is 0.504. The molecule has 1 N–H and O–H groups in total. The Morgan fingerprint density at radius 1 is 1.23 bits per heavy atom. The summed E-state index contributed by atoms with van der Waals surface area (Å²) in [4.78, 5) is 25.6. The molecule has 0 radical (unpaired) electrons. The standard InChI is InChI=1S/C19H21F2N3O2/c20-16-4-2-1-3-14(16)12-24(19(26)17-11-18(21)23-22-17)10-9-13-5-7-15(25)8-6-13/h1-4,11,13H,5-10,12H2,(H,22,23). The lowest BCUT2D eigenvalue weighted by atomic mass is 9.86. The van der Waals surface area contributed by atoms with Crippen molar-refractivity contribution in [1.82, 2.24) is 15.1 Å². The first kappa shape index (κ1) is 18.2. The summed E-state index contributed by atoms with van der Waals surface area (Å²) < 4.78 is 27.2. The van der Waals surface area contributed by atoms with Gasteiger partial charge in [-0.3, -0.25) is 14.7 Å². The van der Waals surface area contributed by atoms with E-state index in [2.05, 4.69) is 10.2 Å². The van der Waals surface area contributed by atoms with Gasteiger partial charge in [-0.25, -0.2) is 4.39 Å². The Morgan fingerprint density at radius 2 is 1.96 bits per heavy atom. The number of amides is 1. The Morgan fingerprint density at radius 3 is 2.62 bits per heavy atom. The minimum atomic E-state index is -0.759. The molecule has 0 atom stereocenters. The van der Waals surface area contributed by atoms with Gasteiger partial charge in [-0.05, 0) is 31.2 Å². The lowest BCUT2D eigenvalue weighted by molar-refractivity contribution is -0.121. The molecule has 1 fully saturated rings. The average Bonchev–Trinajstić information content (AvgIpc) is 3.07. The van der Waals surface area contributed by atoms with Gasteiger partial charge in [-0.2, -0.15) is 4.39 Å². The average molecular weight is 361 g/mol. The van der Waals surface area contributed by atoms with Crippen LogP contribution in [-0.4, -0.2) is 33.3 Å². The number of Topliss-reactive ketones (excluding diaryl/α,β-unsaturated/α-hetero) is 1. The summed E-state index contributed by atoms with van der Waals surface area (Å²) in [5, 5.41) is 5.73.